The van der Waals surface area contributed by atoms with Crippen LogP contribution in [0.25, 0.3) is 0 Å². The highest BCUT2D eigenvalue weighted by Gasteiger charge is 2.20. The zero-order valence-electron chi connectivity index (χ0n) is 10.2. The van der Waals surface area contributed by atoms with Gasteiger partial charge in [0, 0.05) is 20.0 Å². The zero-order valence-corrected chi connectivity index (χ0v) is 11.8. The van der Waals surface area contributed by atoms with Gasteiger partial charge in [-0.1, -0.05) is 6.92 Å². The summed E-state index contributed by atoms with van der Waals surface area (Å²) >= 11 is 3.11. The van der Waals surface area contributed by atoms with Crippen LogP contribution < -0.4 is 10.6 Å². The summed E-state index contributed by atoms with van der Waals surface area (Å²) in [7, 11) is 2.02. The Bertz CT molecular complexity index is 388. The van der Waals surface area contributed by atoms with Crippen LogP contribution in [0, 0.1) is 0 Å². The number of nitrogens with zero attached hydrogens (tertiary/aromatic N) is 1. The minimum Gasteiger partial charge on any atom is -0.396 e. The average molecular weight is 258 g/mol. The second-order valence-electron chi connectivity index (χ2n) is 3.47. The van der Waals surface area contributed by atoms with Gasteiger partial charge in [0.05, 0.1) is 15.5 Å². The Morgan fingerprint density at radius 3 is 2.56 bits per heavy atom. The molecule has 0 atom stereocenters. The largest absolute Gasteiger partial charge is 0.396 e. The molecule has 0 spiro atoms. The van der Waals surface area contributed by atoms with Crippen LogP contribution in [-0.4, -0.2) is 25.6 Å². The molecule has 0 radical (unpaired) electrons. The van der Waals surface area contributed by atoms with E-state index < -0.39 is 0 Å². The molecular weight excluding hydrogens is 240 g/mol. The first-order valence-corrected chi connectivity index (χ1v) is 7.31. The number of hydrogen-bond donors (Lipinski definition) is 1. The van der Waals surface area contributed by atoms with E-state index in [0.717, 1.165) is 16.4 Å². The fraction of sp³-hybridized carbons (Fsp3) is 0.545. The maximum absolute atomic E-state index is 11.7. The van der Waals surface area contributed by atoms with Crippen LogP contribution >= 0.6 is 23.1 Å². The lowest BCUT2D eigenvalue weighted by atomic mass is 10.2. The Kier molecular flexibility index (Phi) is 4.68. The second kappa shape index (κ2) is 5.59. The van der Waals surface area contributed by atoms with E-state index in [4.69, 9.17) is 5.73 Å². The molecule has 0 fully saturated rings. The predicted molar refractivity (Wildman–Crippen MR) is 74.1 cm³/mol. The number of thiophene rings is 1. The highest BCUT2D eigenvalue weighted by molar-refractivity contribution is 7.99. The van der Waals surface area contributed by atoms with Gasteiger partial charge < -0.3 is 10.6 Å². The van der Waals surface area contributed by atoms with E-state index in [0.29, 0.717) is 17.0 Å². The van der Waals surface area contributed by atoms with Crippen molar-refractivity contribution in [3.63, 3.8) is 0 Å². The lowest BCUT2D eigenvalue weighted by Gasteiger charge is -2.15. The first-order chi connectivity index (χ1) is 7.56. The molecule has 0 aliphatic carbocycles. The van der Waals surface area contributed by atoms with Crippen molar-refractivity contribution in [2.24, 2.45) is 0 Å². The third kappa shape index (κ3) is 2.35. The third-order valence-electron chi connectivity index (χ3n) is 2.48. The highest BCUT2D eigenvalue weighted by atomic mass is 32.2. The summed E-state index contributed by atoms with van der Waals surface area (Å²) in [5.41, 5.74) is 6.68. The normalized spacial score (nSPS) is 10.5. The number of hydrogen-bond acceptors (Lipinski definition) is 5. The maximum Gasteiger partial charge on any atom is 0.174 e. The van der Waals surface area contributed by atoms with Gasteiger partial charge in [0.15, 0.2) is 5.78 Å². The molecule has 1 heterocycles. The van der Waals surface area contributed by atoms with E-state index in [1.807, 2.05) is 20.2 Å². The molecule has 0 aromatic carbocycles. The quantitative estimate of drug-likeness (QED) is 0.651. The van der Waals surface area contributed by atoms with Crippen molar-refractivity contribution in [3.8, 4) is 0 Å². The number of Topliss-reactive ketones (excluding diaryl/α,β-unsaturated/α-hetero) is 1. The van der Waals surface area contributed by atoms with Crippen LogP contribution in [0.15, 0.2) is 4.90 Å². The molecule has 0 aliphatic heterocycles. The molecule has 0 saturated heterocycles. The summed E-state index contributed by atoms with van der Waals surface area (Å²) in [5.74, 6) is 0.133. The molecule has 2 N–H and O–H groups in total. The van der Waals surface area contributed by atoms with E-state index in [-0.39, 0.29) is 5.78 Å². The van der Waals surface area contributed by atoms with E-state index in [1.165, 1.54) is 11.3 Å². The van der Waals surface area contributed by atoms with E-state index in [2.05, 4.69) is 11.8 Å². The Labute approximate surface area is 105 Å². The fourth-order valence-electron chi connectivity index (χ4n) is 1.38. The maximum atomic E-state index is 11.7. The minimum atomic E-state index is 0.133. The minimum absolute atomic E-state index is 0.133. The first-order valence-electron chi connectivity index (χ1n) is 5.27. The van der Waals surface area contributed by atoms with Gasteiger partial charge in [0.2, 0.25) is 0 Å². The van der Waals surface area contributed by atoms with Gasteiger partial charge in [-0.2, -0.15) is 0 Å². The molecule has 16 heavy (non-hydrogen) atoms. The fourth-order valence-corrected chi connectivity index (χ4v) is 3.62. The summed E-state index contributed by atoms with van der Waals surface area (Å²) in [4.78, 5) is 15.6. The number of nitrogen functional groups attached to an aromatic ring is 1. The van der Waals surface area contributed by atoms with Crippen molar-refractivity contribution in [2.45, 2.75) is 25.2 Å². The molecule has 1 rings (SSSR count). The molecular formula is C11H18N2OS2. The molecule has 0 unspecified atom stereocenters. The van der Waals surface area contributed by atoms with Crippen molar-refractivity contribution in [1.82, 2.24) is 0 Å². The Hall–Kier alpha value is -0.680. The van der Waals surface area contributed by atoms with Gasteiger partial charge in [-0.25, -0.2) is 0 Å². The molecule has 0 aliphatic rings. The standard InChI is InChI=1S/C11H18N2OS2/c1-5-7(14)9-8(12)10(15-4)11(16-9)13(3)6-2/h5-6,12H2,1-4H3. The molecule has 3 nitrogen and oxygen atoms in total. The number of thioether (sulfide) groups is 1. The van der Waals surface area contributed by atoms with E-state index >= 15 is 0 Å². The topological polar surface area (TPSA) is 46.3 Å². The Balaban J connectivity index is 3.25. The molecule has 1 aromatic rings. The number of anilines is 2. The summed E-state index contributed by atoms with van der Waals surface area (Å²) < 4.78 is 0. The van der Waals surface area contributed by atoms with Crippen molar-refractivity contribution in [3.05, 3.63) is 4.88 Å². The third-order valence-corrected chi connectivity index (χ3v) is 4.79. The lowest BCUT2D eigenvalue weighted by molar-refractivity contribution is 0.0992. The van der Waals surface area contributed by atoms with Crippen molar-refractivity contribution >= 4 is 39.6 Å². The van der Waals surface area contributed by atoms with E-state index in [9.17, 15) is 4.79 Å². The summed E-state index contributed by atoms with van der Waals surface area (Å²) in [5, 5.41) is 1.10. The molecule has 0 bridgehead atoms. The van der Waals surface area contributed by atoms with Crippen LogP contribution in [0.5, 0.6) is 0 Å². The van der Waals surface area contributed by atoms with Crippen LogP contribution in [0.2, 0.25) is 0 Å². The van der Waals surface area contributed by atoms with Gasteiger partial charge in [-0.05, 0) is 13.2 Å². The van der Waals surface area contributed by atoms with Crippen molar-refractivity contribution in [1.29, 1.82) is 0 Å². The summed E-state index contributed by atoms with van der Waals surface area (Å²) in [6.07, 6.45) is 2.50. The molecule has 90 valence electrons. The van der Waals surface area contributed by atoms with Crippen LogP contribution in [0.1, 0.15) is 29.9 Å². The van der Waals surface area contributed by atoms with Gasteiger partial charge >= 0.3 is 0 Å². The summed E-state index contributed by atoms with van der Waals surface area (Å²) in [6, 6.07) is 0. The van der Waals surface area contributed by atoms with Gasteiger partial charge in [0.1, 0.15) is 5.00 Å². The number of ketones is 1. The zero-order chi connectivity index (χ0) is 12.3. The predicted octanol–water partition coefficient (Wildman–Crippen LogP) is 3.10. The number of rotatable bonds is 5. The SMILES string of the molecule is CCC(=O)c1sc(N(C)CC)c(SC)c1N. The second-order valence-corrected chi connectivity index (χ2v) is 5.29. The van der Waals surface area contributed by atoms with Gasteiger partial charge in [0.25, 0.3) is 0 Å². The van der Waals surface area contributed by atoms with Crippen LogP contribution in [-0.2, 0) is 0 Å². The molecule has 1 aromatic heterocycles. The number of nitrogens with two attached hydrogens (primary N) is 1. The Morgan fingerprint density at radius 1 is 1.50 bits per heavy atom. The van der Waals surface area contributed by atoms with Gasteiger partial charge in [-0.3, -0.25) is 4.79 Å². The average Bonchev–Trinajstić information content (AvgIpc) is 2.64. The molecule has 0 amide bonds. The smallest absolute Gasteiger partial charge is 0.174 e. The van der Waals surface area contributed by atoms with Gasteiger partial charge in [-0.15, -0.1) is 23.1 Å². The van der Waals surface area contributed by atoms with E-state index in [1.54, 1.807) is 11.8 Å². The summed E-state index contributed by atoms with van der Waals surface area (Å²) in [6.45, 7) is 4.86. The van der Waals surface area contributed by atoms with Crippen molar-refractivity contribution in [2.75, 3.05) is 30.5 Å². The van der Waals surface area contributed by atoms with Crippen LogP contribution in [0.3, 0.4) is 0 Å². The number of carbonyl (C=O) groups excluding carboxylic acids is 1. The first kappa shape index (κ1) is 13.4. The monoisotopic (exact) mass is 258 g/mol. The highest BCUT2D eigenvalue weighted by Crippen LogP contribution is 2.43. The van der Waals surface area contributed by atoms with Crippen molar-refractivity contribution < 1.29 is 4.79 Å². The number of carbonyl (C=O) groups is 1. The Morgan fingerprint density at radius 2 is 2.12 bits per heavy atom. The molecule has 0 saturated carbocycles. The van der Waals surface area contributed by atoms with Crippen LogP contribution in [0.4, 0.5) is 10.7 Å². The lowest BCUT2D eigenvalue weighted by Crippen LogP contribution is -2.14. The molecule has 5 heteroatoms.